The molecule has 0 aliphatic rings. The molecule has 0 saturated carbocycles. The summed E-state index contributed by atoms with van der Waals surface area (Å²) in [7, 11) is -3.24. The lowest BCUT2D eigenvalue weighted by Gasteiger charge is -2.10. The monoisotopic (exact) mass is 295 g/mol. The Labute approximate surface area is 118 Å². The van der Waals surface area contributed by atoms with Crippen molar-refractivity contribution in [1.82, 2.24) is 24.2 Å². The van der Waals surface area contributed by atoms with E-state index < -0.39 is 15.3 Å². The fourth-order valence-electron chi connectivity index (χ4n) is 1.59. The van der Waals surface area contributed by atoms with E-state index in [-0.39, 0.29) is 0 Å². The normalized spacial score (nSPS) is 11.9. The second-order valence-corrected chi connectivity index (χ2v) is 6.83. The predicted molar refractivity (Wildman–Crippen MR) is 75.3 cm³/mol. The third kappa shape index (κ3) is 3.40. The maximum atomic E-state index is 11.7. The fourth-order valence-corrected chi connectivity index (χ4v) is 2.29. The van der Waals surface area contributed by atoms with Crippen molar-refractivity contribution in [2.45, 2.75) is 25.6 Å². The van der Waals surface area contributed by atoms with Crippen molar-refractivity contribution in [2.75, 3.05) is 6.54 Å². The first-order valence-electron chi connectivity index (χ1n) is 6.27. The smallest absolute Gasteiger partial charge is 0.213 e. The Hall–Kier alpha value is -1.80. The number of nitrogens with zero attached hydrogens (tertiary/aromatic N) is 4. The van der Waals surface area contributed by atoms with Gasteiger partial charge in [-0.2, -0.15) is 0 Å². The number of hydrogen-bond acceptors (Lipinski definition) is 5. The molecule has 0 aliphatic heterocycles. The van der Waals surface area contributed by atoms with Crippen LogP contribution in [0.1, 0.15) is 13.8 Å². The first-order chi connectivity index (χ1) is 9.50. The Bertz CT molecular complexity index is 651. The topological polar surface area (TPSA) is 89.8 Å². The highest BCUT2D eigenvalue weighted by atomic mass is 32.2. The minimum atomic E-state index is -3.24. The van der Waals surface area contributed by atoms with E-state index in [9.17, 15) is 8.42 Å². The van der Waals surface area contributed by atoms with Crippen LogP contribution in [0.25, 0.3) is 11.6 Å². The van der Waals surface area contributed by atoms with Gasteiger partial charge in [0.05, 0.1) is 5.25 Å². The molecular weight excluding hydrogens is 278 g/mol. The summed E-state index contributed by atoms with van der Waals surface area (Å²) < 4.78 is 27.7. The van der Waals surface area contributed by atoms with E-state index in [1.54, 1.807) is 44.7 Å². The molecule has 0 fully saturated rings. The number of imidazole rings is 1. The van der Waals surface area contributed by atoms with E-state index >= 15 is 0 Å². The molecule has 0 unspecified atom stereocenters. The molecule has 0 atom stereocenters. The zero-order chi connectivity index (χ0) is 14.6. The van der Waals surface area contributed by atoms with Crippen LogP contribution in [0.2, 0.25) is 0 Å². The molecule has 2 aromatic rings. The minimum absolute atomic E-state index is 0.302. The average Bonchev–Trinajstić information content (AvgIpc) is 2.88. The van der Waals surface area contributed by atoms with Crippen molar-refractivity contribution in [2.24, 2.45) is 0 Å². The Morgan fingerprint density at radius 2 is 1.90 bits per heavy atom. The van der Waals surface area contributed by atoms with Crippen LogP contribution in [0, 0.1) is 0 Å². The van der Waals surface area contributed by atoms with E-state index in [2.05, 4.69) is 19.7 Å². The van der Waals surface area contributed by atoms with Gasteiger partial charge < -0.3 is 4.57 Å². The first kappa shape index (κ1) is 14.6. The Morgan fingerprint density at radius 1 is 1.20 bits per heavy atom. The van der Waals surface area contributed by atoms with Crippen molar-refractivity contribution in [3.8, 4) is 11.6 Å². The zero-order valence-corrected chi connectivity index (χ0v) is 12.2. The van der Waals surface area contributed by atoms with Crippen LogP contribution in [0.4, 0.5) is 0 Å². The van der Waals surface area contributed by atoms with Crippen molar-refractivity contribution in [1.29, 1.82) is 0 Å². The van der Waals surface area contributed by atoms with Gasteiger partial charge in [0.2, 0.25) is 10.0 Å². The Morgan fingerprint density at radius 3 is 2.55 bits per heavy atom. The van der Waals surface area contributed by atoms with Gasteiger partial charge in [-0.25, -0.2) is 28.1 Å². The summed E-state index contributed by atoms with van der Waals surface area (Å²) in [5, 5.41) is -0.442. The van der Waals surface area contributed by atoms with Crippen LogP contribution in [-0.4, -0.2) is 39.7 Å². The molecule has 0 bridgehead atoms. The Kier molecular flexibility index (Phi) is 4.46. The summed E-state index contributed by atoms with van der Waals surface area (Å²) in [6.07, 6.45) is 6.70. The molecule has 20 heavy (non-hydrogen) atoms. The minimum Gasteiger partial charge on any atom is -0.327 e. The van der Waals surface area contributed by atoms with Crippen molar-refractivity contribution in [3.63, 3.8) is 0 Å². The highest BCUT2D eigenvalue weighted by Gasteiger charge is 2.15. The molecule has 108 valence electrons. The summed E-state index contributed by atoms with van der Waals surface area (Å²) in [5.41, 5.74) is 0. The first-order valence-corrected chi connectivity index (χ1v) is 7.82. The lowest BCUT2D eigenvalue weighted by atomic mass is 10.5. The lowest BCUT2D eigenvalue weighted by Crippen LogP contribution is -2.33. The van der Waals surface area contributed by atoms with Gasteiger partial charge in [0.1, 0.15) is 0 Å². The highest BCUT2D eigenvalue weighted by Crippen LogP contribution is 2.10. The van der Waals surface area contributed by atoms with Gasteiger partial charge >= 0.3 is 0 Å². The molecule has 0 saturated heterocycles. The number of sulfonamides is 1. The standard InChI is InChI=1S/C12H17N5O2S/c1-10(2)20(18,19)16-7-9-17-8-6-15-12(17)11-13-4-3-5-14-11/h3-6,8,10,16H,7,9H2,1-2H3. The van der Waals surface area contributed by atoms with E-state index in [0.717, 1.165) is 0 Å². The van der Waals surface area contributed by atoms with Crippen LogP contribution in [-0.2, 0) is 16.6 Å². The predicted octanol–water partition coefficient (Wildman–Crippen LogP) is 0.668. The molecular formula is C12H17N5O2S. The molecule has 7 nitrogen and oxygen atoms in total. The third-order valence-electron chi connectivity index (χ3n) is 2.76. The van der Waals surface area contributed by atoms with E-state index in [0.29, 0.717) is 24.7 Å². The molecule has 2 rings (SSSR count). The fraction of sp³-hybridized carbons (Fsp3) is 0.417. The van der Waals surface area contributed by atoms with Crippen molar-refractivity contribution in [3.05, 3.63) is 30.9 Å². The van der Waals surface area contributed by atoms with Crippen LogP contribution in [0.15, 0.2) is 30.9 Å². The maximum absolute atomic E-state index is 11.7. The molecule has 0 aromatic carbocycles. The van der Waals surface area contributed by atoms with Crippen molar-refractivity contribution >= 4 is 10.0 Å². The van der Waals surface area contributed by atoms with Crippen LogP contribution >= 0.6 is 0 Å². The molecule has 0 amide bonds. The molecule has 0 spiro atoms. The van der Waals surface area contributed by atoms with Crippen LogP contribution in [0.3, 0.4) is 0 Å². The molecule has 0 radical (unpaired) electrons. The lowest BCUT2D eigenvalue weighted by molar-refractivity contribution is 0.564. The molecule has 2 heterocycles. The summed E-state index contributed by atoms with van der Waals surface area (Å²) >= 11 is 0. The average molecular weight is 295 g/mol. The van der Waals surface area contributed by atoms with Gasteiger partial charge in [-0.05, 0) is 19.9 Å². The second kappa shape index (κ2) is 6.10. The third-order valence-corrected chi connectivity index (χ3v) is 4.61. The maximum Gasteiger partial charge on any atom is 0.213 e. The highest BCUT2D eigenvalue weighted by molar-refractivity contribution is 7.90. The number of rotatable bonds is 6. The molecule has 2 aromatic heterocycles. The van der Waals surface area contributed by atoms with E-state index in [4.69, 9.17) is 0 Å². The van der Waals surface area contributed by atoms with Crippen LogP contribution in [0.5, 0.6) is 0 Å². The molecule has 1 N–H and O–H groups in total. The van der Waals surface area contributed by atoms with Gasteiger partial charge in [0, 0.05) is 37.9 Å². The SMILES string of the molecule is CC(C)S(=O)(=O)NCCn1ccnc1-c1ncccn1. The number of hydrogen-bond donors (Lipinski definition) is 1. The Balaban J connectivity index is 2.04. The van der Waals surface area contributed by atoms with E-state index in [1.165, 1.54) is 0 Å². The van der Waals surface area contributed by atoms with Gasteiger partial charge in [0.15, 0.2) is 11.6 Å². The van der Waals surface area contributed by atoms with Gasteiger partial charge in [-0.3, -0.25) is 0 Å². The van der Waals surface area contributed by atoms with E-state index in [1.807, 2.05) is 4.57 Å². The zero-order valence-electron chi connectivity index (χ0n) is 11.4. The summed E-state index contributed by atoms with van der Waals surface area (Å²) in [6, 6.07) is 1.73. The quantitative estimate of drug-likeness (QED) is 0.846. The second-order valence-electron chi connectivity index (χ2n) is 4.50. The van der Waals surface area contributed by atoms with Gasteiger partial charge in [-0.15, -0.1) is 0 Å². The number of aromatic nitrogens is 4. The van der Waals surface area contributed by atoms with Gasteiger partial charge in [0.25, 0.3) is 0 Å². The summed E-state index contributed by atoms with van der Waals surface area (Å²) in [4.78, 5) is 12.5. The number of nitrogens with one attached hydrogen (secondary N) is 1. The largest absolute Gasteiger partial charge is 0.327 e. The van der Waals surface area contributed by atoms with Crippen LogP contribution < -0.4 is 4.72 Å². The molecule has 8 heteroatoms. The van der Waals surface area contributed by atoms with Gasteiger partial charge in [-0.1, -0.05) is 0 Å². The summed E-state index contributed by atoms with van der Waals surface area (Å²) in [5.74, 6) is 1.14. The molecule has 0 aliphatic carbocycles. The van der Waals surface area contributed by atoms with Crippen molar-refractivity contribution < 1.29 is 8.42 Å². The summed E-state index contributed by atoms with van der Waals surface area (Å²) in [6.45, 7) is 4.06.